The second-order valence-corrected chi connectivity index (χ2v) is 6.79. The van der Waals surface area contributed by atoms with Crippen LogP contribution in [0, 0.1) is 6.92 Å². The van der Waals surface area contributed by atoms with Gasteiger partial charge in [0.2, 0.25) is 0 Å². The van der Waals surface area contributed by atoms with Crippen molar-refractivity contribution in [2.75, 3.05) is 52.9 Å². The molecule has 158 valence electrons. The van der Waals surface area contributed by atoms with Gasteiger partial charge >= 0.3 is 0 Å². The minimum atomic E-state index is 0.445. The summed E-state index contributed by atoms with van der Waals surface area (Å²) < 4.78 is 34.0. The van der Waals surface area contributed by atoms with Crippen molar-refractivity contribution in [2.45, 2.75) is 20.1 Å². The van der Waals surface area contributed by atoms with Crippen LogP contribution in [0.3, 0.4) is 0 Å². The fourth-order valence-electron chi connectivity index (χ4n) is 2.81. The van der Waals surface area contributed by atoms with Gasteiger partial charge in [0.15, 0.2) is 11.5 Å². The van der Waals surface area contributed by atoms with Crippen molar-refractivity contribution in [1.29, 1.82) is 0 Å². The fraction of sp³-hybridized carbons (Fsp3) is 0.478. The van der Waals surface area contributed by atoms with Crippen molar-refractivity contribution < 1.29 is 28.4 Å². The molecule has 3 rings (SSSR count). The third-order valence-electron chi connectivity index (χ3n) is 4.38. The van der Waals surface area contributed by atoms with E-state index in [1.165, 1.54) is 5.56 Å². The minimum absolute atomic E-state index is 0.445. The van der Waals surface area contributed by atoms with Crippen molar-refractivity contribution >= 4 is 0 Å². The standard InChI is InChI=1S/C23H30O6/c1-19-2-4-20(5-3-19)17-27-18-21-6-7-22-23(16-21)29-15-13-26-11-9-24-8-10-25-12-14-28-22/h2-7,16H,8-15,17-18H2,1H3. The van der Waals surface area contributed by atoms with Crippen LogP contribution in [-0.2, 0) is 32.2 Å². The fourth-order valence-corrected chi connectivity index (χ4v) is 2.81. The van der Waals surface area contributed by atoms with Gasteiger partial charge in [-0.2, -0.15) is 0 Å². The summed E-state index contributed by atoms with van der Waals surface area (Å²) in [6.45, 7) is 7.24. The Balaban J connectivity index is 1.55. The Morgan fingerprint density at radius 1 is 0.621 bits per heavy atom. The van der Waals surface area contributed by atoms with Gasteiger partial charge in [0.05, 0.1) is 52.9 Å². The zero-order chi connectivity index (χ0) is 20.2. The zero-order valence-electron chi connectivity index (χ0n) is 17.1. The number of benzene rings is 2. The third kappa shape index (κ3) is 8.03. The summed E-state index contributed by atoms with van der Waals surface area (Å²) in [6, 6.07) is 14.2. The molecule has 2 aromatic rings. The van der Waals surface area contributed by atoms with Crippen LogP contribution in [0.15, 0.2) is 42.5 Å². The van der Waals surface area contributed by atoms with E-state index in [0.717, 1.165) is 11.1 Å². The van der Waals surface area contributed by atoms with Gasteiger partial charge in [0.25, 0.3) is 0 Å². The summed E-state index contributed by atoms with van der Waals surface area (Å²) in [6.07, 6.45) is 0. The SMILES string of the molecule is Cc1ccc(COCc2ccc3c(c2)OCCOCCOCCOCCO3)cc1. The molecule has 1 aliphatic heterocycles. The summed E-state index contributed by atoms with van der Waals surface area (Å²) >= 11 is 0. The highest BCUT2D eigenvalue weighted by atomic mass is 16.6. The first-order valence-corrected chi connectivity index (χ1v) is 10.1. The lowest BCUT2D eigenvalue weighted by atomic mass is 10.2. The molecule has 0 atom stereocenters. The molecule has 0 aliphatic carbocycles. The molecule has 0 saturated carbocycles. The van der Waals surface area contributed by atoms with Crippen molar-refractivity contribution in [1.82, 2.24) is 0 Å². The quantitative estimate of drug-likeness (QED) is 0.780. The van der Waals surface area contributed by atoms with E-state index >= 15 is 0 Å². The van der Waals surface area contributed by atoms with Crippen LogP contribution >= 0.6 is 0 Å². The summed E-state index contributed by atoms with van der Waals surface area (Å²) in [5.41, 5.74) is 3.43. The molecule has 1 aliphatic rings. The van der Waals surface area contributed by atoms with E-state index in [2.05, 4.69) is 31.2 Å². The smallest absolute Gasteiger partial charge is 0.161 e. The molecule has 29 heavy (non-hydrogen) atoms. The van der Waals surface area contributed by atoms with Crippen LogP contribution in [0.5, 0.6) is 11.5 Å². The van der Waals surface area contributed by atoms with Crippen molar-refractivity contribution in [3.8, 4) is 11.5 Å². The number of rotatable bonds is 4. The van der Waals surface area contributed by atoms with Gasteiger partial charge < -0.3 is 28.4 Å². The van der Waals surface area contributed by atoms with Gasteiger partial charge in [-0.3, -0.25) is 0 Å². The van der Waals surface area contributed by atoms with Crippen LogP contribution in [-0.4, -0.2) is 52.9 Å². The molecule has 0 fully saturated rings. The Kier molecular flexibility index (Phi) is 9.26. The zero-order valence-corrected chi connectivity index (χ0v) is 17.1. The largest absolute Gasteiger partial charge is 0.487 e. The summed E-state index contributed by atoms with van der Waals surface area (Å²) in [5, 5.41) is 0. The highest BCUT2D eigenvalue weighted by Crippen LogP contribution is 2.29. The first kappa shape index (κ1) is 21.6. The van der Waals surface area contributed by atoms with Gasteiger partial charge in [-0.15, -0.1) is 0 Å². The minimum Gasteiger partial charge on any atom is -0.487 e. The Hall–Kier alpha value is -2.12. The van der Waals surface area contributed by atoms with E-state index < -0.39 is 0 Å². The van der Waals surface area contributed by atoms with Gasteiger partial charge in [-0.1, -0.05) is 35.9 Å². The molecule has 0 spiro atoms. The molecule has 0 amide bonds. The average molecular weight is 402 g/mol. The van der Waals surface area contributed by atoms with Crippen LogP contribution in [0.4, 0.5) is 0 Å². The van der Waals surface area contributed by atoms with Crippen LogP contribution in [0.2, 0.25) is 0 Å². The average Bonchev–Trinajstić information content (AvgIpc) is 2.74. The second-order valence-electron chi connectivity index (χ2n) is 6.79. The number of hydrogen-bond donors (Lipinski definition) is 0. The predicted octanol–water partition coefficient (Wildman–Crippen LogP) is 3.53. The van der Waals surface area contributed by atoms with E-state index in [1.807, 2.05) is 18.2 Å². The van der Waals surface area contributed by atoms with E-state index in [0.29, 0.717) is 77.6 Å². The molecule has 0 radical (unpaired) electrons. The Bertz CT molecular complexity index is 716. The first-order valence-electron chi connectivity index (χ1n) is 10.1. The molecular weight excluding hydrogens is 372 g/mol. The normalized spacial score (nSPS) is 16.6. The highest BCUT2D eigenvalue weighted by molar-refractivity contribution is 5.43. The molecule has 0 bridgehead atoms. The van der Waals surface area contributed by atoms with Crippen LogP contribution < -0.4 is 9.47 Å². The Labute approximate surface area is 172 Å². The lowest BCUT2D eigenvalue weighted by Crippen LogP contribution is -2.13. The van der Waals surface area contributed by atoms with Gasteiger partial charge in [-0.05, 0) is 30.2 Å². The molecule has 2 aromatic carbocycles. The van der Waals surface area contributed by atoms with E-state index in [4.69, 9.17) is 28.4 Å². The molecule has 1 heterocycles. The molecule has 0 aromatic heterocycles. The molecule has 6 nitrogen and oxygen atoms in total. The Morgan fingerprint density at radius 2 is 1.14 bits per heavy atom. The van der Waals surface area contributed by atoms with Crippen molar-refractivity contribution in [3.05, 3.63) is 59.2 Å². The summed E-state index contributed by atoms with van der Waals surface area (Å²) in [5.74, 6) is 1.39. The molecule has 0 saturated heterocycles. The molecular formula is C23H30O6. The molecule has 0 unspecified atom stereocenters. The van der Waals surface area contributed by atoms with Crippen LogP contribution in [0.1, 0.15) is 16.7 Å². The van der Waals surface area contributed by atoms with E-state index in [1.54, 1.807) is 0 Å². The number of fused-ring (bicyclic) bond motifs is 1. The summed E-state index contributed by atoms with van der Waals surface area (Å²) in [4.78, 5) is 0. The maximum Gasteiger partial charge on any atom is 0.161 e. The third-order valence-corrected chi connectivity index (χ3v) is 4.38. The topological polar surface area (TPSA) is 55.4 Å². The van der Waals surface area contributed by atoms with Crippen molar-refractivity contribution in [2.24, 2.45) is 0 Å². The molecule has 0 N–H and O–H groups in total. The first-order chi connectivity index (χ1) is 14.3. The predicted molar refractivity (Wildman–Crippen MR) is 110 cm³/mol. The monoisotopic (exact) mass is 402 g/mol. The van der Waals surface area contributed by atoms with Gasteiger partial charge in [-0.25, -0.2) is 0 Å². The second kappa shape index (κ2) is 12.4. The highest BCUT2D eigenvalue weighted by Gasteiger charge is 2.08. The molecule has 6 heteroatoms. The maximum absolute atomic E-state index is 5.89. The lowest BCUT2D eigenvalue weighted by Gasteiger charge is -2.14. The lowest BCUT2D eigenvalue weighted by molar-refractivity contribution is 0.00708. The van der Waals surface area contributed by atoms with Crippen LogP contribution in [0.25, 0.3) is 0 Å². The number of aryl methyl sites for hydroxylation is 1. The number of hydrogen-bond acceptors (Lipinski definition) is 6. The maximum atomic E-state index is 5.89. The van der Waals surface area contributed by atoms with Gasteiger partial charge in [0.1, 0.15) is 13.2 Å². The van der Waals surface area contributed by atoms with E-state index in [9.17, 15) is 0 Å². The van der Waals surface area contributed by atoms with E-state index in [-0.39, 0.29) is 0 Å². The van der Waals surface area contributed by atoms with Crippen molar-refractivity contribution in [3.63, 3.8) is 0 Å². The number of ether oxygens (including phenoxy) is 6. The summed E-state index contributed by atoms with van der Waals surface area (Å²) in [7, 11) is 0. The Morgan fingerprint density at radius 3 is 1.79 bits per heavy atom. The van der Waals surface area contributed by atoms with Gasteiger partial charge in [0, 0.05) is 0 Å².